The van der Waals surface area contributed by atoms with Crippen molar-refractivity contribution in [3.05, 3.63) is 22.8 Å². The van der Waals surface area contributed by atoms with E-state index >= 15 is 0 Å². The van der Waals surface area contributed by atoms with Gasteiger partial charge in [0.25, 0.3) is 0 Å². The molecule has 1 atom stereocenters. The molecule has 1 N–H and O–H groups in total. The number of fused-ring (bicyclic) bond motifs is 1. The molecule has 2 rings (SSSR count). The fourth-order valence-electron chi connectivity index (χ4n) is 2.77. The third kappa shape index (κ3) is 2.39. The third-order valence-corrected chi connectivity index (χ3v) is 3.85. The highest BCUT2D eigenvalue weighted by molar-refractivity contribution is 5.78. The molecule has 4 nitrogen and oxygen atoms in total. The highest BCUT2D eigenvalue weighted by atomic mass is 16.5. The summed E-state index contributed by atoms with van der Waals surface area (Å²) in [5.41, 5.74) is 3.00. The van der Waals surface area contributed by atoms with Crippen molar-refractivity contribution in [1.82, 2.24) is 0 Å². The van der Waals surface area contributed by atoms with E-state index in [2.05, 4.69) is 0 Å². The lowest BCUT2D eigenvalue weighted by Crippen LogP contribution is -2.14. The Kier molecular flexibility index (Phi) is 3.98. The first kappa shape index (κ1) is 13.7. The van der Waals surface area contributed by atoms with Crippen LogP contribution in [0.2, 0.25) is 0 Å². The second kappa shape index (κ2) is 5.51. The quantitative estimate of drug-likeness (QED) is 0.908. The number of benzene rings is 1. The van der Waals surface area contributed by atoms with Crippen molar-refractivity contribution < 1.29 is 19.4 Å². The number of hydrogen-bond donors (Lipinski definition) is 1. The molecule has 1 aromatic rings. The predicted octanol–water partition coefficient (Wildman–Crippen LogP) is 2.77. The van der Waals surface area contributed by atoms with E-state index in [0.717, 1.165) is 42.7 Å². The standard InChI is InChI=1S/C15H20O4/c1-9(15(16)17)12-8-13(18-2)10-6-4-5-7-11(10)14(12)19-3/h8-9H,4-7H2,1-3H3,(H,16,17). The average molecular weight is 264 g/mol. The average Bonchev–Trinajstić information content (AvgIpc) is 2.44. The van der Waals surface area contributed by atoms with Gasteiger partial charge in [-0.05, 0) is 38.7 Å². The van der Waals surface area contributed by atoms with Gasteiger partial charge in [0, 0.05) is 16.7 Å². The molecule has 0 radical (unpaired) electrons. The maximum Gasteiger partial charge on any atom is 0.310 e. The molecule has 104 valence electrons. The van der Waals surface area contributed by atoms with Crippen LogP contribution in [0.4, 0.5) is 0 Å². The SMILES string of the molecule is COc1cc(C(C)C(=O)O)c(OC)c2c1CCCC2. The van der Waals surface area contributed by atoms with Crippen molar-refractivity contribution in [2.45, 2.75) is 38.5 Å². The highest BCUT2D eigenvalue weighted by Crippen LogP contribution is 2.41. The van der Waals surface area contributed by atoms with Crippen LogP contribution in [0, 0.1) is 0 Å². The molecule has 19 heavy (non-hydrogen) atoms. The van der Waals surface area contributed by atoms with Gasteiger partial charge in [0.1, 0.15) is 11.5 Å². The van der Waals surface area contributed by atoms with Crippen LogP contribution >= 0.6 is 0 Å². The van der Waals surface area contributed by atoms with Gasteiger partial charge in [-0.15, -0.1) is 0 Å². The zero-order valence-electron chi connectivity index (χ0n) is 11.7. The smallest absolute Gasteiger partial charge is 0.310 e. The van der Waals surface area contributed by atoms with Crippen LogP contribution in [0.25, 0.3) is 0 Å². The molecule has 0 aliphatic heterocycles. The first-order valence-electron chi connectivity index (χ1n) is 6.59. The van der Waals surface area contributed by atoms with Crippen LogP contribution in [-0.4, -0.2) is 25.3 Å². The van der Waals surface area contributed by atoms with Crippen LogP contribution in [0.15, 0.2) is 6.07 Å². The Morgan fingerprint density at radius 1 is 1.21 bits per heavy atom. The summed E-state index contributed by atoms with van der Waals surface area (Å²) in [5.74, 6) is 0.0659. The topological polar surface area (TPSA) is 55.8 Å². The number of ether oxygens (including phenoxy) is 2. The molecular formula is C15H20O4. The highest BCUT2D eigenvalue weighted by Gasteiger charge is 2.26. The lowest BCUT2D eigenvalue weighted by atomic mass is 9.86. The minimum absolute atomic E-state index is 0.601. The zero-order chi connectivity index (χ0) is 14.0. The Morgan fingerprint density at radius 2 is 1.84 bits per heavy atom. The van der Waals surface area contributed by atoms with Crippen LogP contribution in [0.5, 0.6) is 11.5 Å². The number of hydrogen-bond acceptors (Lipinski definition) is 3. The minimum atomic E-state index is -0.851. The molecule has 4 heteroatoms. The summed E-state index contributed by atoms with van der Waals surface area (Å²) in [4.78, 5) is 11.2. The van der Waals surface area contributed by atoms with Crippen molar-refractivity contribution in [3.8, 4) is 11.5 Å². The summed E-state index contributed by atoms with van der Waals surface area (Å²) in [6.07, 6.45) is 4.14. The molecule has 0 bridgehead atoms. The van der Waals surface area contributed by atoms with Crippen LogP contribution in [-0.2, 0) is 17.6 Å². The Hall–Kier alpha value is -1.71. The molecule has 1 aliphatic rings. The molecule has 0 saturated carbocycles. The fraction of sp³-hybridized carbons (Fsp3) is 0.533. The maximum atomic E-state index is 11.2. The number of carboxylic acids is 1. The predicted molar refractivity (Wildman–Crippen MR) is 72.2 cm³/mol. The normalized spacial score (nSPS) is 15.5. The summed E-state index contributed by atoms with van der Waals surface area (Å²) in [6, 6.07) is 1.82. The molecule has 0 heterocycles. The second-order valence-corrected chi connectivity index (χ2v) is 4.93. The number of carbonyl (C=O) groups is 1. The van der Waals surface area contributed by atoms with Gasteiger partial charge in [0.05, 0.1) is 20.1 Å². The second-order valence-electron chi connectivity index (χ2n) is 4.93. The monoisotopic (exact) mass is 264 g/mol. The van der Waals surface area contributed by atoms with E-state index in [4.69, 9.17) is 9.47 Å². The van der Waals surface area contributed by atoms with Crippen molar-refractivity contribution in [1.29, 1.82) is 0 Å². The summed E-state index contributed by atoms with van der Waals surface area (Å²) in [6.45, 7) is 1.68. The summed E-state index contributed by atoms with van der Waals surface area (Å²) >= 11 is 0. The summed E-state index contributed by atoms with van der Waals surface area (Å²) in [5, 5.41) is 9.23. The molecular weight excluding hydrogens is 244 g/mol. The van der Waals surface area contributed by atoms with Crippen LogP contribution in [0.1, 0.15) is 42.4 Å². The Labute approximate surface area is 113 Å². The molecule has 0 spiro atoms. The Balaban J connectivity index is 2.63. The van der Waals surface area contributed by atoms with Gasteiger partial charge in [0.15, 0.2) is 0 Å². The van der Waals surface area contributed by atoms with E-state index in [0.29, 0.717) is 5.56 Å². The Bertz CT molecular complexity index is 493. The van der Waals surface area contributed by atoms with E-state index in [1.54, 1.807) is 21.1 Å². The lowest BCUT2D eigenvalue weighted by Gasteiger charge is -2.25. The lowest BCUT2D eigenvalue weighted by molar-refractivity contribution is -0.138. The van der Waals surface area contributed by atoms with Crippen molar-refractivity contribution in [2.75, 3.05) is 14.2 Å². The minimum Gasteiger partial charge on any atom is -0.496 e. The zero-order valence-corrected chi connectivity index (χ0v) is 11.7. The first-order valence-corrected chi connectivity index (χ1v) is 6.59. The molecule has 1 aliphatic carbocycles. The van der Waals surface area contributed by atoms with Crippen LogP contribution < -0.4 is 9.47 Å². The van der Waals surface area contributed by atoms with Gasteiger partial charge in [-0.2, -0.15) is 0 Å². The summed E-state index contributed by atoms with van der Waals surface area (Å²) < 4.78 is 10.9. The van der Waals surface area contributed by atoms with Gasteiger partial charge in [-0.3, -0.25) is 4.79 Å². The van der Waals surface area contributed by atoms with E-state index in [1.165, 1.54) is 5.56 Å². The molecule has 0 fully saturated rings. The summed E-state index contributed by atoms with van der Waals surface area (Å²) in [7, 11) is 3.24. The number of carboxylic acid groups (broad SMARTS) is 1. The van der Waals surface area contributed by atoms with Crippen molar-refractivity contribution in [2.24, 2.45) is 0 Å². The van der Waals surface area contributed by atoms with Crippen molar-refractivity contribution in [3.63, 3.8) is 0 Å². The molecule has 0 aromatic heterocycles. The molecule has 1 unspecified atom stereocenters. The van der Waals surface area contributed by atoms with E-state index in [1.807, 2.05) is 6.07 Å². The van der Waals surface area contributed by atoms with Gasteiger partial charge in [-0.25, -0.2) is 0 Å². The Morgan fingerprint density at radius 3 is 2.37 bits per heavy atom. The molecule has 0 saturated heterocycles. The number of methoxy groups -OCH3 is 2. The molecule has 1 aromatic carbocycles. The van der Waals surface area contributed by atoms with E-state index in [-0.39, 0.29) is 0 Å². The molecule has 0 amide bonds. The first-order chi connectivity index (χ1) is 9.10. The van der Waals surface area contributed by atoms with Gasteiger partial charge in [-0.1, -0.05) is 0 Å². The van der Waals surface area contributed by atoms with Crippen LogP contribution in [0.3, 0.4) is 0 Å². The number of aliphatic carboxylic acids is 1. The van der Waals surface area contributed by atoms with Gasteiger partial charge in [0.2, 0.25) is 0 Å². The van der Waals surface area contributed by atoms with Gasteiger partial charge >= 0.3 is 5.97 Å². The largest absolute Gasteiger partial charge is 0.496 e. The third-order valence-electron chi connectivity index (χ3n) is 3.85. The van der Waals surface area contributed by atoms with Crippen molar-refractivity contribution >= 4 is 5.97 Å². The van der Waals surface area contributed by atoms with Gasteiger partial charge < -0.3 is 14.6 Å². The fourth-order valence-corrected chi connectivity index (χ4v) is 2.77. The van der Waals surface area contributed by atoms with E-state index < -0.39 is 11.9 Å². The number of rotatable bonds is 4. The maximum absolute atomic E-state index is 11.2. The van der Waals surface area contributed by atoms with E-state index in [9.17, 15) is 9.90 Å².